The summed E-state index contributed by atoms with van der Waals surface area (Å²) in [5.74, 6) is 1.45. The number of hydrogen-bond donors (Lipinski definition) is 0. The molecule has 29 heavy (non-hydrogen) atoms. The highest BCUT2D eigenvalue weighted by atomic mass is 32.2. The van der Waals surface area contributed by atoms with Gasteiger partial charge < -0.3 is 4.90 Å². The molecule has 3 aromatic rings. The summed E-state index contributed by atoms with van der Waals surface area (Å²) < 4.78 is 2.03. The smallest absolute Gasteiger partial charge is 0.233 e. The maximum Gasteiger partial charge on any atom is 0.233 e. The van der Waals surface area contributed by atoms with Gasteiger partial charge in [0.15, 0.2) is 10.8 Å². The Kier molecular flexibility index (Phi) is 5.27. The van der Waals surface area contributed by atoms with Crippen LogP contribution in [0.2, 0.25) is 0 Å². The van der Waals surface area contributed by atoms with Crippen LogP contribution in [0.5, 0.6) is 0 Å². The monoisotopic (exact) mass is 411 g/mol. The fourth-order valence-corrected chi connectivity index (χ4v) is 5.07. The molecular weight excluding hydrogens is 382 g/mol. The van der Waals surface area contributed by atoms with Gasteiger partial charge in [-0.15, -0.1) is 10.2 Å². The van der Waals surface area contributed by atoms with Gasteiger partial charge in [0.1, 0.15) is 5.82 Å². The molecule has 1 saturated heterocycles. The summed E-state index contributed by atoms with van der Waals surface area (Å²) in [6, 6.07) is 8.62. The minimum absolute atomic E-state index is 0.178. The molecule has 0 radical (unpaired) electrons. The van der Waals surface area contributed by atoms with E-state index in [1.54, 1.807) is 0 Å². The standard InChI is InChI=1S/C22H29N5OS/c1-14-9-8-10-15(2)26(14)18(28)13-29-21-25-24-19-16-11-6-7-12-17(16)23-20(27(19)21)22(3,4)5/h6-7,11-12,14-15H,8-10,13H2,1-5H3/t14-,15-/m0/s1. The van der Waals surface area contributed by atoms with Gasteiger partial charge in [0.25, 0.3) is 0 Å². The van der Waals surface area contributed by atoms with Crippen LogP contribution in [0.4, 0.5) is 0 Å². The number of likely N-dealkylation sites (tertiary alicyclic amines) is 1. The van der Waals surface area contributed by atoms with Crippen LogP contribution in [0.25, 0.3) is 16.6 Å². The summed E-state index contributed by atoms with van der Waals surface area (Å²) >= 11 is 1.46. The molecule has 2 aromatic heterocycles. The number of hydrogen-bond acceptors (Lipinski definition) is 5. The molecule has 1 aromatic carbocycles. The number of aromatic nitrogens is 4. The highest BCUT2D eigenvalue weighted by Crippen LogP contribution is 2.30. The van der Waals surface area contributed by atoms with E-state index in [1.807, 2.05) is 28.7 Å². The lowest BCUT2D eigenvalue weighted by Gasteiger charge is -2.39. The third kappa shape index (κ3) is 3.72. The van der Waals surface area contributed by atoms with Gasteiger partial charge in [-0.25, -0.2) is 4.98 Å². The normalized spacial score (nSPS) is 20.5. The van der Waals surface area contributed by atoms with Gasteiger partial charge in [-0.3, -0.25) is 9.20 Å². The van der Waals surface area contributed by atoms with Crippen molar-refractivity contribution in [1.29, 1.82) is 0 Å². The second-order valence-electron chi connectivity index (χ2n) is 9.06. The minimum Gasteiger partial charge on any atom is -0.337 e. The molecule has 6 nitrogen and oxygen atoms in total. The molecule has 0 bridgehead atoms. The van der Waals surface area contributed by atoms with E-state index < -0.39 is 0 Å². The molecule has 4 rings (SSSR count). The van der Waals surface area contributed by atoms with Gasteiger partial charge in [-0.05, 0) is 45.2 Å². The summed E-state index contributed by atoms with van der Waals surface area (Å²) in [7, 11) is 0. The molecule has 0 unspecified atom stereocenters. The first-order chi connectivity index (χ1) is 13.8. The molecule has 1 amide bonds. The van der Waals surface area contributed by atoms with Crippen molar-refractivity contribution in [2.24, 2.45) is 0 Å². The van der Waals surface area contributed by atoms with Crippen LogP contribution in [0.15, 0.2) is 29.4 Å². The van der Waals surface area contributed by atoms with Crippen molar-refractivity contribution >= 4 is 34.2 Å². The molecule has 1 aliphatic rings. The molecule has 3 heterocycles. The van der Waals surface area contributed by atoms with E-state index in [0.29, 0.717) is 17.8 Å². The summed E-state index contributed by atoms with van der Waals surface area (Å²) in [4.78, 5) is 20.0. The van der Waals surface area contributed by atoms with Crippen molar-refractivity contribution in [3.63, 3.8) is 0 Å². The van der Waals surface area contributed by atoms with Crippen LogP contribution < -0.4 is 0 Å². The molecule has 1 aliphatic heterocycles. The molecule has 0 saturated carbocycles. The van der Waals surface area contributed by atoms with Crippen LogP contribution in [0.3, 0.4) is 0 Å². The Morgan fingerprint density at radius 3 is 2.52 bits per heavy atom. The lowest BCUT2D eigenvalue weighted by molar-refractivity contribution is -0.134. The number of carbonyl (C=O) groups excluding carboxylic acids is 1. The predicted octanol–water partition coefficient (Wildman–Crippen LogP) is 4.46. The highest BCUT2D eigenvalue weighted by Gasteiger charge is 2.30. The number of benzene rings is 1. The molecule has 7 heteroatoms. The number of nitrogens with zero attached hydrogens (tertiary/aromatic N) is 5. The van der Waals surface area contributed by atoms with Crippen molar-refractivity contribution in [2.45, 2.75) is 76.5 Å². The molecule has 154 valence electrons. The first-order valence-corrected chi connectivity index (χ1v) is 11.3. The van der Waals surface area contributed by atoms with Crippen molar-refractivity contribution in [3.8, 4) is 0 Å². The SMILES string of the molecule is C[C@H]1CCC[C@H](C)N1C(=O)CSc1nnc2c3ccccc3nc(C(C)(C)C)n12. The average Bonchev–Trinajstić information content (AvgIpc) is 3.09. The van der Waals surface area contributed by atoms with Crippen LogP contribution in [0.1, 0.15) is 59.7 Å². The van der Waals surface area contributed by atoms with Gasteiger partial charge in [0.05, 0.1) is 11.3 Å². The largest absolute Gasteiger partial charge is 0.337 e. The van der Waals surface area contributed by atoms with E-state index in [2.05, 4.69) is 49.7 Å². The van der Waals surface area contributed by atoms with Gasteiger partial charge >= 0.3 is 0 Å². The van der Waals surface area contributed by atoms with E-state index in [1.165, 1.54) is 18.2 Å². The Labute approximate surface area is 176 Å². The van der Waals surface area contributed by atoms with E-state index in [0.717, 1.165) is 40.4 Å². The Bertz CT molecular complexity index is 1040. The van der Waals surface area contributed by atoms with Crippen LogP contribution in [-0.4, -0.2) is 48.2 Å². The Balaban J connectivity index is 1.69. The summed E-state index contributed by atoms with van der Waals surface area (Å²) in [6.07, 6.45) is 3.36. The number of thioether (sulfide) groups is 1. The molecular formula is C22H29N5OS. The third-order valence-corrected chi connectivity index (χ3v) is 6.61. The molecule has 0 N–H and O–H groups in total. The summed E-state index contributed by atoms with van der Waals surface area (Å²) in [5.41, 5.74) is 1.54. The lowest BCUT2D eigenvalue weighted by Crippen LogP contribution is -2.48. The Morgan fingerprint density at radius 1 is 1.14 bits per heavy atom. The van der Waals surface area contributed by atoms with Crippen LogP contribution in [-0.2, 0) is 10.2 Å². The first-order valence-electron chi connectivity index (χ1n) is 10.4. The van der Waals surface area contributed by atoms with E-state index in [9.17, 15) is 4.79 Å². The predicted molar refractivity (Wildman–Crippen MR) is 117 cm³/mol. The Hall–Kier alpha value is -2.15. The number of para-hydroxylation sites is 1. The third-order valence-electron chi connectivity index (χ3n) is 5.69. The van der Waals surface area contributed by atoms with E-state index in [-0.39, 0.29) is 11.3 Å². The minimum atomic E-state index is -0.181. The number of fused-ring (bicyclic) bond motifs is 3. The molecule has 2 atom stereocenters. The van der Waals surface area contributed by atoms with Gasteiger partial charge in [0.2, 0.25) is 5.91 Å². The number of rotatable bonds is 3. The maximum atomic E-state index is 13.0. The van der Waals surface area contributed by atoms with Gasteiger partial charge in [-0.2, -0.15) is 0 Å². The van der Waals surface area contributed by atoms with Crippen LogP contribution >= 0.6 is 11.8 Å². The summed E-state index contributed by atoms with van der Waals surface area (Å²) in [5, 5.41) is 10.6. The Morgan fingerprint density at radius 2 is 1.83 bits per heavy atom. The van der Waals surface area contributed by atoms with Crippen LogP contribution in [0, 0.1) is 0 Å². The zero-order chi connectivity index (χ0) is 20.8. The number of carbonyl (C=O) groups is 1. The number of amides is 1. The van der Waals surface area contributed by atoms with Crippen molar-refractivity contribution in [2.75, 3.05) is 5.75 Å². The maximum absolute atomic E-state index is 13.0. The van der Waals surface area contributed by atoms with Crippen molar-refractivity contribution < 1.29 is 4.79 Å². The molecule has 0 spiro atoms. The summed E-state index contributed by atoms with van der Waals surface area (Å²) in [6.45, 7) is 10.7. The molecule has 0 aliphatic carbocycles. The van der Waals surface area contributed by atoms with E-state index in [4.69, 9.17) is 4.98 Å². The fourth-order valence-electron chi connectivity index (χ4n) is 4.27. The highest BCUT2D eigenvalue weighted by molar-refractivity contribution is 7.99. The topological polar surface area (TPSA) is 63.4 Å². The fraction of sp³-hybridized carbons (Fsp3) is 0.545. The van der Waals surface area contributed by atoms with Gasteiger partial charge in [0, 0.05) is 22.9 Å². The quantitative estimate of drug-likeness (QED) is 0.596. The number of piperidine rings is 1. The lowest BCUT2D eigenvalue weighted by atomic mass is 9.95. The van der Waals surface area contributed by atoms with E-state index >= 15 is 0 Å². The zero-order valence-electron chi connectivity index (χ0n) is 17.8. The second kappa shape index (κ2) is 7.59. The molecule has 1 fully saturated rings. The second-order valence-corrected chi connectivity index (χ2v) is 10.0. The average molecular weight is 412 g/mol. The first kappa shape index (κ1) is 20.1. The van der Waals surface area contributed by atoms with Gasteiger partial charge in [-0.1, -0.05) is 44.7 Å². The van der Waals surface area contributed by atoms with Crippen molar-refractivity contribution in [1.82, 2.24) is 24.5 Å². The zero-order valence-corrected chi connectivity index (χ0v) is 18.7. The van der Waals surface area contributed by atoms with Crippen molar-refractivity contribution in [3.05, 3.63) is 30.1 Å².